The first-order valence-electron chi connectivity index (χ1n) is 4.55. The summed E-state index contributed by atoms with van der Waals surface area (Å²) in [5.41, 5.74) is 5.67. The number of nitrogens with zero attached hydrogens (tertiary/aromatic N) is 3. The molecule has 0 radical (unpaired) electrons. The Bertz CT molecular complexity index is 488. The van der Waals surface area contributed by atoms with Crippen LogP contribution in [0.5, 0.6) is 0 Å². The molecule has 0 spiro atoms. The maximum atomic E-state index is 9.38. The van der Waals surface area contributed by atoms with Gasteiger partial charge < -0.3 is 15.4 Å². The predicted molar refractivity (Wildman–Crippen MR) is 56.6 cm³/mol. The number of hydrogen-bond donors (Lipinski definition) is 2. The van der Waals surface area contributed by atoms with Gasteiger partial charge in [-0.25, -0.2) is 0 Å². The molecule has 0 saturated heterocycles. The first-order chi connectivity index (χ1) is 7.72. The van der Waals surface area contributed by atoms with Crippen LogP contribution >= 0.6 is 11.6 Å². The van der Waals surface area contributed by atoms with E-state index in [-0.39, 0.29) is 18.3 Å². The van der Waals surface area contributed by atoms with Crippen LogP contribution in [0.2, 0.25) is 5.02 Å². The molecule has 6 nitrogen and oxygen atoms in total. The minimum Gasteiger partial charge on any atom is -0.382 e. The molecule has 16 heavy (non-hydrogen) atoms. The van der Waals surface area contributed by atoms with Crippen molar-refractivity contribution >= 4 is 11.6 Å². The first kappa shape index (κ1) is 11.0. The zero-order chi connectivity index (χ0) is 11.5. The standard InChI is InChI=1S/C9H9ClN4O2/c10-5-2-1-3-12-7(5)8-13-9(16-14-8)6(15)4-11/h1-3,6,15H,4,11H2. The molecule has 2 heterocycles. The van der Waals surface area contributed by atoms with Crippen LogP contribution < -0.4 is 5.73 Å². The summed E-state index contributed by atoms with van der Waals surface area (Å²) >= 11 is 5.91. The second-order valence-electron chi connectivity index (χ2n) is 3.04. The van der Waals surface area contributed by atoms with Gasteiger partial charge in [-0.3, -0.25) is 4.98 Å². The van der Waals surface area contributed by atoms with Gasteiger partial charge in [-0.2, -0.15) is 4.98 Å². The Kier molecular flexibility index (Phi) is 3.14. The lowest BCUT2D eigenvalue weighted by Crippen LogP contribution is -2.11. The summed E-state index contributed by atoms with van der Waals surface area (Å²) in [4.78, 5) is 7.97. The summed E-state index contributed by atoms with van der Waals surface area (Å²) in [6, 6.07) is 3.36. The van der Waals surface area contributed by atoms with Gasteiger partial charge in [0, 0.05) is 12.7 Å². The van der Waals surface area contributed by atoms with Gasteiger partial charge in [0.15, 0.2) is 0 Å². The van der Waals surface area contributed by atoms with E-state index in [1.807, 2.05) is 0 Å². The van der Waals surface area contributed by atoms with Crippen LogP contribution in [0.25, 0.3) is 11.5 Å². The number of aromatic nitrogens is 3. The smallest absolute Gasteiger partial charge is 0.257 e. The molecule has 2 rings (SSSR count). The van der Waals surface area contributed by atoms with Gasteiger partial charge in [0.25, 0.3) is 5.89 Å². The second kappa shape index (κ2) is 4.56. The highest BCUT2D eigenvalue weighted by Gasteiger charge is 2.17. The summed E-state index contributed by atoms with van der Waals surface area (Å²) in [7, 11) is 0. The van der Waals surface area contributed by atoms with Gasteiger partial charge in [0.05, 0.1) is 5.02 Å². The average Bonchev–Trinajstić information content (AvgIpc) is 2.78. The number of aliphatic hydroxyl groups is 1. The van der Waals surface area contributed by atoms with Crippen molar-refractivity contribution in [1.29, 1.82) is 0 Å². The van der Waals surface area contributed by atoms with Crippen LogP contribution in [0, 0.1) is 0 Å². The van der Waals surface area contributed by atoms with Gasteiger partial charge in [0.2, 0.25) is 5.82 Å². The molecular formula is C9H9ClN4O2. The maximum Gasteiger partial charge on any atom is 0.257 e. The van der Waals surface area contributed by atoms with Gasteiger partial charge in [-0.1, -0.05) is 16.8 Å². The van der Waals surface area contributed by atoms with Crippen LogP contribution in [-0.2, 0) is 0 Å². The maximum absolute atomic E-state index is 9.38. The molecular weight excluding hydrogens is 232 g/mol. The highest BCUT2D eigenvalue weighted by atomic mass is 35.5. The van der Waals surface area contributed by atoms with Crippen LogP contribution in [0.1, 0.15) is 12.0 Å². The van der Waals surface area contributed by atoms with Crippen LogP contribution in [0.4, 0.5) is 0 Å². The molecule has 7 heteroatoms. The van der Waals surface area contributed by atoms with Crippen molar-refractivity contribution in [2.75, 3.05) is 6.54 Å². The number of nitrogens with two attached hydrogens (primary N) is 1. The van der Waals surface area contributed by atoms with E-state index in [9.17, 15) is 5.11 Å². The van der Waals surface area contributed by atoms with Crippen molar-refractivity contribution in [3.05, 3.63) is 29.2 Å². The Morgan fingerprint density at radius 2 is 2.38 bits per heavy atom. The Labute approximate surface area is 96.1 Å². The quantitative estimate of drug-likeness (QED) is 0.823. The van der Waals surface area contributed by atoms with E-state index in [2.05, 4.69) is 15.1 Å². The zero-order valence-electron chi connectivity index (χ0n) is 8.17. The van der Waals surface area contributed by atoms with Gasteiger partial charge in [0.1, 0.15) is 11.8 Å². The van der Waals surface area contributed by atoms with E-state index in [1.165, 1.54) is 0 Å². The van der Waals surface area contributed by atoms with Gasteiger partial charge >= 0.3 is 0 Å². The van der Waals surface area contributed by atoms with Crippen LogP contribution in [-0.4, -0.2) is 26.8 Å². The van der Waals surface area contributed by atoms with E-state index in [0.29, 0.717) is 10.7 Å². The first-order valence-corrected chi connectivity index (χ1v) is 4.92. The van der Waals surface area contributed by atoms with Crippen LogP contribution in [0.15, 0.2) is 22.9 Å². The predicted octanol–water partition coefficient (Wildman–Crippen LogP) is 0.777. The largest absolute Gasteiger partial charge is 0.382 e. The van der Waals surface area contributed by atoms with Crippen molar-refractivity contribution in [3.63, 3.8) is 0 Å². The highest BCUT2D eigenvalue weighted by Crippen LogP contribution is 2.23. The lowest BCUT2D eigenvalue weighted by Gasteiger charge is -1.98. The van der Waals surface area contributed by atoms with Crippen molar-refractivity contribution in [2.45, 2.75) is 6.10 Å². The summed E-state index contributed by atoms with van der Waals surface area (Å²) in [6.07, 6.45) is 0.597. The molecule has 0 aliphatic rings. The van der Waals surface area contributed by atoms with E-state index >= 15 is 0 Å². The van der Waals surface area contributed by atoms with Crippen molar-refractivity contribution in [1.82, 2.24) is 15.1 Å². The Hall–Kier alpha value is -1.50. The minimum absolute atomic E-state index is 0.0115. The van der Waals surface area contributed by atoms with Gasteiger partial charge in [-0.15, -0.1) is 0 Å². The number of pyridine rings is 1. The molecule has 3 N–H and O–H groups in total. The fourth-order valence-electron chi connectivity index (χ4n) is 1.12. The molecule has 2 aromatic heterocycles. The van der Waals surface area contributed by atoms with E-state index in [1.54, 1.807) is 18.3 Å². The summed E-state index contributed by atoms with van der Waals surface area (Å²) in [5.74, 6) is 0.285. The molecule has 0 saturated carbocycles. The third-order valence-corrected chi connectivity index (χ3v) is 2.23. The lowest BCUT2D eigenvalue weighted by atomic mass is 10.3. The van der Waals surface area contributed by atoms with E-state index in [0.717, 1.165) is 0 Å². The molecule has 84 valence electrons. The number of halogens is 1. The molecule has 0 aliphatic heterocycles. The van der Waals surface area contributed by atoms with Crippen molar-refractivity contribution in [2.24, 2.45) is 5.73 Å². The number of hydrogen-bond acceptors (Lipinski definition) is 6. The van der Waals surface area contributed by atoms with Gasteiger partial charge in [-0.05, 0) is 12.1 Å². The molecule has 1 atom stereocenters. The molecule has 1 unspecified atom stereocenters. The fraction of sp³-hybridized carbons (Fsp3) is 0.222. The SMILES string of the molecule is NCC(O)c1nc(-c2ncccc2Cl)no1. The molecule has 0 bridgehead atoms. The summed E-state index contributed by atoms with van der Waals surface area (Å²) in [5, 5.41) is 13.5. The second-order valence-corrected chi connectivity index (χ2v) is 3.45. The molecule has 2 aromatic rings. The third kappa shape index (κ3) is 2.04. The zero-order valence-corrected chi connectivity index (χ0v) is 8.92. The van der Waals surface area contributed by atoms with Crippen molar-refractivity contribution < 1.29 is 9.63 Å². The third-order valence-electron chi connectivity index (χ3n) is 1.92. The average molecular weight is 241 g/mol. The topological polar surface area (TPSA) is 98.1 Å². The summed E-state index contributed by atoms with van der Waals surface area (Å²) in [6.45, 7) is 0.0115. The van der Waals surface area contributed by atoms with Crippen LogP contribution in [0.3, 0.4) is 0 Å². The molecule has 0 aliphatic carbocycles. The van der Waals surface area contributed by atoms with E-state index in [4.69, 9.17) is 21.9 Å². The number of rotatable bonds is 3. The number of aliphatic hydroxyl groups excluding tert-OH is 1. The Balaban J connectivity index is 2.35. The van der Waals surface area contributed by atoms with Crippen molar-refractivity contribution in [3.8, 4) is 11.5 Å². The highest BCUT2D eigenvalue weighted by molar-refractivity contribution is 6.32. The fourth-order valence-corrected chi connectivity index (χ4v) is 1.32. The molecule has 0 amide bonds. The monoisotopic (exact) mass is 240 g/mol. The minimum atomic E-state index is -0.969. The molecule has 0 aromatic carbocycles. The Morgan fingerprint density at radius 3 is 3.06 bits per heavy atom. The lowest BCUT2D eigenvalue weighted by molar-refractivity contribution is 0.141. The normalized spacial score (nSPS) is 12.7. The Morgan fingerprint density at radius 1 is 1.56 bits per heavy atom. The van der Waals surface area contributed by atoms with E-state index < -0.39 is 6.10 Å². The molecule has 0 fully saturated rings. The summed E-state index contributed by atoms with van der Waals surface area (Å²) < 4.78 is 4.84.